The first-order chi connectivity index (χ1) is 22.4. The Hall–Kier alpha value is -3.44. The molecule has 0 N–H and O–H groups in total. The summed E-state index contributed by atoms with van der Waals surface area (Å²) in [5.41, 5.74) is -1.01. The zero-order valence-electron chi connectivity index (χ0n) is 25.8. The number of halogens is 8. The van der Waals surface area contributed by atoms with Gasteiger partial charge in [0.25, 0.3) is 0 Å². The van der Waals surface area contributed by atoms with Crippen molar-refractivity contribution in [1.29, 1.82) is 0 Å². The average Bonchev–Trinajstić information content (AvgIpc) is 3.03. The third-order valence-electron chi connectivity index (χ3n) is 8.87. The number of benzene rings is 3. The molecule has 11 heteroatoms. The van der Waals surface area contributed by atoms with E-state index in [1.807, 2.05) is 0 Å². The molecule has 0 atom stereocenters. The molecule has 1 aliphatic carbocycles. The molecule has 0 spiro atoms. The van der Waals surface area contributed by atoms with Crippen LogP contribution < -0.4 is 4.74 Å². The van der Waals surface area contributed by atoms with Crippen LogP contribution in [-0.4, -0.2) is 25.6 Å². The molecule has 1 saturated carbocycles. The van der Waals surface area contributed by atoms with E-state index in [0.717, 1.165) is 56.4 Å². The van der Waals surface area contributed by atoms with Crippen LogP contribution in [0.5, 0.6) is 5.75 Å². The highest BCUT2D eigenvalue weighted by atomic mass is 19.3. The molecule has 1 heterocycles. The molecule has 2 fully saturated rings. The second kappa shape index (κ2) is 15.2. The van der Waals surface area contributed by atoms with Crippen LogP contribution in [0.1, 0.15) is 75.3 Å². The van der Waals surface area contributed by atoms with Gasteiger partial charge in [0.2, 0.25) is 0 Å². The van der Waals surface area contributed by atoms with E-state index in [9.17, 15) is 35.1 Å². The van der Waals surface area contributed by atoms with E-state index in [2.05, 4.69) is 11.7 Å². The second-order valence-electron chi connectivity index (χ2n) is 12.3. The Morgan fingerprint density at radius 1 is 0.787 bits per heavy atom. The lowest BCUT2D eigenvalue weighted by Crippen LogP contribution is -2.38. The molecule has 5 rings (SSSR count). The SMILES string of the molecule is CCCCCC1COC(C2CCC(c3cc(F)c(C=CC(F)(F)Oc4ccc(-c5cc(F)c(F)c(F)c5)c(F)c4)c(F)c3)CC2)OC1. The van der Waals surface area contributed by atoms with Crippen molar-refractivity contribution in [3.8, 4) is 16.9 Å². The van der Waals surface area contributed by atoms with Crippen molar-refractivity contribution in [3.63, 3.8) is 0 Å². The number of alkyl halides is 2. The summed E-state index contributed by atoms with van der Waals surface area (Å²) < 4.78 is 131. The number of unbranched alkanes of at least 4 members (excludes halogenated alkanes) is 2. The van der Waals surface area contributed by atoms with E-state index in [1.54, 1.807) is 0 Å². The standard InChI is InChI=1S/C36H36F8O3/c1-2-3-4-5-21-19-45-35(46-20-21)23-8-6-22(7-9-23)24-14-29(37)28(30(38)15-24)12-13-36(43,44)47-26-10-11-27(31(39)18-26)25-16-32(40)34(42)33(41)17-25/h10-18,21-23,35H,2-9,19-20H2,1H3. The molecule has 1 aliphatic heterocycles. The summed E-state index contributed by atoms with van der Waals surface area (Å²) >= 11 is 0. The topological polar surface area (TPSA) is 27.7 Å². The lowest BCUT2D eigenvalue weighted by atomic mass is 9.78. The van der Waals surface area contributed by atoms with Crippen LogP contribution in [0.15, 0.2) is 48.5 Å². The number of rotatable bonds is 11. The minimum absolute atomic E-state index is 0.107. The van der Waals surface area contributed by atoms with Crippen LogP contribution in [0.2, 0.25) is 0 Å². The van der Waals surface area contributed by atoms with E-state index in [4.69, 9.17) is 9.47 Å². The normalized spacial score (nSPS) is 22.1. The van der Waals surface area contributed by atoms with Gasteiger partial charge in [-0.05, 0) is 91.6 Å². The molecule has 0 aromatic heterocycles. The van der Waals surface area contributed by atoms with Gasteiger partial charge in [0.15, 0.2) is 23.7 Å². The third-order valence-corrected chi connectivity index (χ3v) is 8.87. The molecule has 47 heavy (non-hydrogen) atoms. The van der Waals surface area contributed by atoms with Gasteiger partial charge in [-0.2, -0.15) is 8.78 Å². The molecule has 0 unspecified atom stereocenters. The number of hydrogen-bond donors (Lipinski definition) is 0. The Balaban J connectivity index is 1.17. The van der Waals surface area contributed by atoms with Gasteiger partial charge in [0.05, 0.1) is 13.2 Å². The molecular formula is C36H36F8O3. The van der Waals surface area contributed by atoms with Crippen molar-refractivity contribution in [2.75, 3.05) is 13.2 Å². The third kappa shape index (κ3) is 8.73. The first-order valence-electron chi connectivity index (χ1n) is 15.9. The Labute approximate surface area is 268 Å². The first-order valence-corrected chi connectivity index (χ1v) is 15.9. The Morgan fingerprint density at radius 3 is 2.02 bits per heavy atom. The van der Waals surface area contributed by atoms with Gasteiger partial charge in [0.1, 0.15) is 23.2 Å². The fraction of sp³-hybridized carbons (Fsp3) is 0.444. The molecule has 0 radical (unpaired) electrons. The zero-order valence-corrected chi connectivity index (χ0v) is 25.8. The summed E-state index contributed by atoms with van der Waals surface area (Å²) in [5, 5.41) is 0. The lowest BCUT2D eigenvalue weighted by molar-refractivity contribution is -0.229. The van der Waals surface area contributed by atoms with E-state index >= 15 is 0 Å². The van der Waals surface area contributed by atoms with Crippen molar-refractivity contribution in [1.82, 2.24) is 0 Å². The van der Waals surface area contributed by atoms with Gasteiger partial charge < -0.3 is 14.2 Å². The lowest BCUT2D eigenvalue weighted by Gasteiger charge is -2.37. The van der Waals surface area contributed by atoms with E-state index < -0.39 is 57.9 Å². The van der Waals surface area contributed by atoms with Gasteiger partial charge >= 0.3 is 6.11 Å². The summed E-state index contributed by atoms with van der Waals surface area (Å²) in [5.74, 6) is -8.24. The second-order valence-corrected chi connectivity index (χ2v) is 12.3. The van der Waals surface area contributed by atoms with Crippen molar-refractivity contribution >= 4 is 6.08 Å². The van der Waals surface area contributed by atoms with Gasteiger partial charge in [-0.25, -0.2) is 26.3 Å². The van der Waals surface area contributed by atoms with E-state index in [0.29, 0.717) is 61.8 Å². The van der Waals surface area contributed by atoms with Crippen LogP contribution in [0.25, 0.3) is 17.2 Å². The Morgan fingerprint density at radius 2 is 1.43 bits per heavy atom. The predicted molar refractivity (Wildman–Crippen MR) is 161 cm³/mol. The molecule has 3 nitrogen and oxygen atoms in total. The fourth-order valence-corrected chi connectivity index (χ4v) is 6.28. The molecule has 3 aromatic carbocycles. The summed E-state index contributed by atoms with van der Waals surface area (Å²) in [6, 6.07) is 5.77. The van der Waals surface area contributed by atoms with Crippen LogP contribution in [0, 0.1) is 46.7 Å². The van der Waals surface area contributed by atoms with Crippen LogP contribution in [0.4, 0.5) is 35.1 Å². The van der Waals surface area contributed by atoms with Gasteiger partial charge in [-0.3, -0.25) is 0 Å². The molecule has 2 aliphatic rings. The molecule has 0 amide bonds. The highest BCUT2D eigenvalue weighted by Gasteiger charge is 2.34. The molecule has 254 valence electrons. The highest BCUT2D eigenvalue weighted by molar-refractivity contribution is 5.65. The van der Waals surface area contributed by atoms with Crippen LogP contribution >= 0.6 is 0 Å². The quantitative estimate of drug-likeness (QED) is 0.116. The maximum atomic E-state index is 15.0. The smallest absolute Gasteiger partial charge is 0.419 e. The fourth-order valence-electron chi connectivity index (χ4n) is 6.28. The van der Waals surface area contributed by atoms with Crippen molar-refractivity contribution in [2.45, 2.75) is 76.6 Å². The maximum absolute atomic E-state index is 15.0. The number of hydrogen-bond acceptors (Lipinski definition) is 3. The zero-order chi connectivity index (χ0) is 33.7. The van der Waals surface area contributed by atoms with Gasteiger partial charge in [-0.15, -0.1) is 0 Å². The number of ether oxygens (including phenoxy) is 3. The minimum Gasteiger partial charge on any atom is -0.429 e. The highest BCUT2D eigenvalue weighted by Crippen LogP contribution is 2.40. The van der Waals surface area contributed by atoms with Crippen molar-refractivity contribution < 1.29 is 49.3 Å². The first kappa shape index (κ1) is 34.9. The summed E-state index contributed by atoms with van der Waals surface area (Å²) in [6.07, 6.45) is 3.78. The Kier molecular flexibility index (Phi) is 11.3. The van der Waals surface area contributed by atoms with E-state index in [-0.39, 0.29) is 29.8 Å². The maximum Gasteiger partial charge on any atom is 0.419 e. The van der Waals surface area contributed by atoms with Crippen molar-refractivity contribution in [2.24, 2.45) is 11.8 Å². The molecule has 1 saturated heterocycles. The molecular weight excluding hydrogens is 632 g/mol. The summed E-state index contributed by atoms with van der Waals surface area (Å²) in [7, 11) is 0. The molecule has 0 bridgehead atoms. The minimum atomic E-state index is -4.11. The largest absolute Gasteiger partial charge is 0.429 e. The van der Waals surface area contributed by atoms with E-state index in [1.165, 1.54) is 6.42 Å². The van der Waals surface area contributed by atoms with Gasteiger partial charge in [0, 0.05) is 35.1 Å². The van der Waals surface area contributed by atoms with Crippen LogP contribution in [-0.2, 0) is 9.47 Å². The van der Waals surface area contributed by atoms with Crippen molar-refractivity contribution in [3.05, 3.63) is 94.6 Å². The average molecular weight is 669 g/mol. The summed E-state index contributed by atoms with van der Waals surface area (Å²) in [6.45, 7) is 3.52. The monoisotopic (exact) mass is 668 g/mol. The van der Waals surface area contributed by atoms with Crippen LogP contribution in [0.3, 0.4) is 0 Å². The summed E-state index contributed by atoms with van der Waals surface area (Å²) in [4.78, 5) is 0. The predicted octanol–water partition coefficient (Wildman–Crippen LogP) is 10.7. The molecule has 3 aromatic rings. The Bertz CT molecular complexity index is 1510. The van der Waals surface area contributed by atoms with Gasteiger partial charge in [-0.1, -0.05) is 26.2 Å².